The summed E-state index contributed by atoms with van der Waals surface area (Å²) in [5.41, 5.74) is 13.8. The highest BCUT2D eigenvalue weighted by atomic mass is 32.1. The van der Waals surface area contributed by atoms with Gasteiger partial charge in [-0.05, 0) is 13.8 Å². The van der Waals surface area contributed by atoms with Gasteiger partial charge in [-0.3, -0.25) is 0 Å². The van der Waals surface area contributed by atoms with Crippen LogP contribution in [0.25, 0.3) is 0 Å². The number of nitrogens with two attached hydrogens (primary N) is 2. The van der Waals surface area contributed by atoms with Crippen LogP contribution in [0.2, 0.25) is 0 Å². The van der Waals surface area contributed by atoms with Crippen LogP contribution in [-0.2, 0) is 5.54 Å². The molecular formula is C7H13N3S. The van der Waals surface area contributed by atoms with E-state index in [1.807, 2.05) is 13.8 Å². The summed E-state index contributed by atoms with van der Waals surface area (Å²) in [6, 6.07) is 0. The maximum absolute atomic E-state index is 5.93. The Bertz CT molecular complexity index is 242. The standard InChI is InChI=1S/C7H13N3S/c1-5-6(11-4-10-5)7(2,9)3-8/h4H,3,8-9H2,1-2H3. The van der Waals surface area contributed by atoms with Gasteiger partial charge in [0.15, 0.2) is 0 Å². The average Bonchev–Trinajstić information content (AvgIpc) is 2.36. The lowest BCUT2D eigenvalue weighted by Crippen LogP contribution is -2.40. The molecule has 1 rings (SSSR count). The lowest BCUT2D eigenvalue weighted by molar-refractivity contribution is 0.514. The second kappa shape index (κ2) is 2.89. The molecule has 0 spiro atoms. The van der Waals surface area contributed by atoms with Crippen LogP contribution in [-0.4, -0.2) is 11.5 Å². The summed E-state index contributed by atoms with van der Waals surface area (Å²) in [5, 5.41) is 0. The molecule has 4 heteroatoms. The molecule has 3 nitrogen and oxygen atoms in total. The van der Waals surface area contributed by atoms with Gasteiger partial charge in [-0.2, -0.15) is 0 Å². The Morgan fingerprint density at radius 1 is 1.73 bits per heavy atom. The molecule has 0 saturated heterocycles. The van der Waals surface area contributed by atoms with Gasteiger partial charge in [0.2, 0.25) is 0 Å². The van der Waals surface area contributed by atoms with Gasteiger partial charge in [-0.1, -0.05) is 0 Å². The Morgan fingerprint density at radius 3 is 2.73 bits per heavy atom. The van der Waals surface area contributed by atoms with Gasteiger partial charge in [0.05, 0.1) is 16.7 Å². The third-order valence-corrected chi connectivity index (χ3v) is 2.90. The molecule has 4 N–H and O–H groups in total. The van der Waals surface area contributed by atoms with E-state index in [-0.39, 0.29) is 0 Å². The minimum atomic E-state index is -0.411. The van der Waals surface area contributed by atoms with Crippen molar-refractivity contribution in [1.82, 2.24) is 4.98 Å². The molecule has 0 aliphatic carbocycles. The highest BCUT2D eigenvalue weighted by Crippen LogP contribution is 2.23. The van der Waals surface area contributed by atoms with Crippen molar-refractivity contribution >= 4 is 11.3 Å². The van der Waals surface area contributed by atoms with Crippen LogP contribution in [0.15, 0.2) is 5.51 Å². The lowest BCUT2D eigenvalue weighted by atomic mass is 10.0. The molecule has 11 heavy (non-hydrogen) atoms. The molecule has 0 aromatic carbocycles. The van der Waals surface area contributed by atoms with Gasteiger partial charge in [0.1, 0.15) is 0 Å². The summed E-state index contributed by atoms with van der Waals surface area (Å²) >= 11 is 1.56. The number of aryl methyl sites for hydroxylation is 1. The number of aromatic nitrogens is 1. The molecule has 0 fully saturated rings. The van der Waals surface area contributed by atoms with Crippen molar-refractivity contribution in [3.63, 3.8) is 0 Å². The van der Waals surface area contributed by atoms with Crippen molar-refractivity contribution < 1.29 is 0 Å². The average molecular weight is 171 g/mol. The van der Waals surface area contributed by atoms with Crippen LogP contribution in [0, 0.1) is 6.92 Å². The molecule has 0 radical (unpaired) electrons. The quantitative estimate of drug-likeness (QED) is 0.684. The first-order valence-corrected chi connectivity index (χ1v) is 4.35. The molecular weight excluding hydrogens is 158 g/mol. The van der Waals surface area contributed by atoms with E-state index in [4.69, 9.17) is 11.5 Å². The van der Waals surface area contributed by atoms with Crippen LogP contribution >= 0.6 is 11.3 Å². The zero-order valence-corrected chi connectivity index (χ0v) is 7.61. The maximum Gasteiger partial charge on any atom is 0.0798 e. The highest BCUT2D eigenvalue weighted by molar-refractivity contribution is 7.09. The van der Waals surface area contributed by atoms with Crippen LogP contribution < -0.4 is 11.5 Å². The van der Waals surface area contributed by atoms with Crippen molar-refractivity contribution in [3.8, 4) is 0 Å². The number of thiazole rings is 1. The molecule has 0 saturated carbocycles. The Kier molecular flexibility index (Phi) is 2.27. The number of hydrogen-bond acceptors (Lipinski definition) is 4. The van der Waals surface area contributed by atoms with Crippen LogP contribution in [0.5, 0.6) is 0 Å². The molecule has 1 unspecified atom stereocenters. The number of rotatable bonds is 2. The van der Waals surface area contributed by atoms with Gasteiger partial charge in [-0.15, -0.1) is 11.3 Å². The predicted octanol–water partition coefficient (Wildman–Crippen LogP) is 0.584. The third-order valence-electron chi connectivity index (χ3n) is 1.69. The van der Waals surface area contributed by atoms with E-state index >= 15 is 0 Å². The Morgan fingerprint density at radius 2 is 2.36 bits per heavy atom. The van der Waals surface area contributed by atoms with E-state index in [1.54, 1.807) is 16.8 Å². The zero-order chi connectivity index (χ0) is 8.48. The first kappa shape index (κ1) is 8.64. The van der Waals surface area contributed by atoms with Gasteiger partial charge in [-0.25, -0.2) is 4.98 Å². The maximum atomic E-state index is 5.93. The topological polar surface area (TPSA) is 64.9 Å². The summed E-state index contributed by atoms with van der Waals surface area (Å²) in [5.74, 6) is 0. The summed E-state index contributed by atoms with van der Waals surface area (Å²) in [7, 11) is 0. The monoisotopic (exact) mass is 171 g/mol. The minimum absolute atomic E-state index is 0.411. The SMILES string of the molecule is Cc1ncsc1C(C)(N)CN. The molecule has 1 atom stereocenters. The fraction of sp³-hybridized carbons (Fsp3) is 0.571. The molecule has 0 bridgehead atoms. The number of nitrogens with zero attached hydrogens (tertiary/aromatic N) is 1. The molecule has 0 aliphatic heterocycles. The van der Waals surface area contributed by atoms with E-state index in [0.717, 1.165) is 10.6 Å². The first-order valence-electron chi connectivity index (χ1n) is 3.47. The Hall–Kier alpha value is -0.450. The van der Waals surface area contributed by atoms with E-state index in [0.29, 0.717) is 6.54 Å². The summed E-state index contributed by atoms with van der Waals surface area (Å²) in [6.45, 7) is 4.33. The molecule has 1 aromatic rings. The van der Waals surface area contributed by atoms with Gasteiger partial charge in [0, 0.05) is 11.4 Å². The third kappa shape index (κ3) is 1.58. The first-order chi connectivity index (χ1) is 5.08. The molecule has 1 heterocycles. The largest absolute Gasteiger partial charge is 0.328 e. The highest BCUT2D eigenvalue weighted by Gasteiger charge is 2.22. The second-order valence-corrected chi connectivity index (χ2v) is 3.74. The van der Waals surface area contributed by atoms with Crippen molar-refractivity contribution in [1.29, 1.82) is 0 Å². The Balaban J connectivity index is 3.00. The van der Waals surface area contributed by atoms with Gasteiger partial charge in [0.25, 0.3) is 0 Å². The fourth-order valence-electron chi connectivity index (χ4n) is 0.943. The molecule has 0 aliphatic rings. The lowest BCUT2D eigenvalue weighted by Gasteiger charge is -2.20. The van der Waals surface area contributed by atoms with Crippen LogP contribution in [0.1, 0.15) is 17.5 Å². The van der Waals surface area contributed by atoms with E-state index in [1.165, 1.54) is 0 Å². The molecule has 1 aromatic heterocycles. The van der Waals surface area contributed by atoms with Crippen molar-refractivity contribution in [3.05, 3.63) is 16.1 Å². The van der Waals surface area contributed by atoms with E-state index in [2.05, 4.69) is 4.98 Å². The number of hydrogen-bond donors (Lipinski definition) is 2. The fourth-order valence-corrected chi connectivity index (χ4v) is 1.83. The molecule has 0 amide bonds. The van der Waals surface area contributed by atoms with E-state index < -0.39 is 5.54 Å². The van der Waals surface area contributed by atoms with E-state index in [9.17, 15) is 0 Å². The summed E-state index contributed by atoms with van der Waals surface area (Å²) < 4.78 is 0. The summed E-state index contributed by atoms with van der Waals surface area (Å²) in [4.78, 5) is 5.20. The smallest absolute Gasteiger partial charge is 0.0798 e. The summed E-state index contributed by atoms with van der Waals surface area (Å²) in [6.07, 6.45) is 0. The van der Waals surface area contributed by atoms with Crippen molar-refractivity contribution in [2.45, 2.75) is 19.4 Å². The minimum Gasteiger partial charge on any atom is -0.328 e. The van der Waals surface area contributed by atoms with Gasteiger partial charge < -0.3 is 11.5 Å². The molecule has 62 valence electrons. The van der Waals surface area contributed by atoms with Crippen LogP contribution in [0.4, 0.5) is 0 Å². The second-order valence-electron chi connectivity index (χ2n) is 2.89. The van der Waals surface area contributed by atoms with Crippen LogP contribution in [0.3, 0.4) is 0 Å². The Labute approximate surface area is 70.4 Å². The zero-order valence-electron chi connectivity index (χ0n) is 6.79. The van der Waals surface area contributed by atoms with Gasteiger partial charge >= 0.3 is 0 Å². The van der Waals surface area contributed by atoms with Crippen molar-refractivity contribution in [2.24, 2.45) is 11.5 Å². The van der Waals surface area contributed by atoms with Crippen molar-refractivity contribution in [2.75, 3.05) is 6.54 Å². The normalized spacial score (nSPS) is 16.4. The predicted molar refractivity (Wildman–Crippen MR) is 47.4 cm³/mol.